The summed E-state index contributed by atoms with van der Waals surface area (Å²) in [7, 11) is 0. The van der Waals surface area contributed by atoms with Crippen molar-refractivity contribution in [3.05, 3.63) is 0 Å². The summed E-state index contributed by atoms with van der Waals surface area (Å²) in [5, 5.41) is 0. The van der Waals surface area contributed by atoms with Crippen LogP contribution in [-0.4, -0.2) is 16.4 Å². The monoisotopic (exact) mass is 391 g/mol. The largest absolute Gasteiger partial charge is 0.412 e. The third-order valence-electron chi connectivity index (χ3n) is 0. The summed E-state index contributed by atoms with van der Waals surface area (Å²) in [5.74, 6) is 0. The first kappa shape index (κ1) is 57.8. The molecule has 0 aliphatic rings. The van der Waals surface area contributed by atoms with E-state index < -0.39 is 0 Å². The van der Waals surface area contributed by atoms with Crippen molar-refractivity contribution in [2.75, 3.05) is 0 Å². The Kier molecular flexibility index (Phi) is 385. The summed E-state index contributed by atoms with van der Waals surface area (Å²) in [6.07, 6.45) is 0. The van der Waals surface area contributed by atoms with Gasteiger partial charge in [-0.2, -0.15) is 0 Å². The van der Waals surface area contributed by atoms with Gasteiger partial charge in [-0.1, -0.05) is 0 Å². The van der Waals surface area contributed by atoms with Gasteiger partial charge in [0.1, 0.15) is 0 Å². The summed E-state index contributed by atoms with van der Waals surface area (Å²) in [6, 6.07) is 0. The van der Waals surface area contributed by atoms with Crippen LogP contribution in [0.1, 0.15) is 0 Å². The van der Waals surface area contributed by atoms with Gasteiger partial charge in [0, 0.05) is 104 Å². The van der Waals surface area contributed by atoms with Crippen LogP contribution in [0.2, 0.25) is 0 Å². The molecule has 0 rings (SSSR count). The van der Waals surface area contributed by atoms with E-state index in [4.69, 9.17) is 0 Å². The average molecular weight is 391 g/mol. The molecular weight excluding hydrogens is 385 g/mol. The fourth-order valence-corrected chi connectivity index (χ4v) is 0. The van der Waals surface area contributed by atoms with Gasteiger partial charge in [-0.25, -0.2) is 0 Å². The molecule has 0 saturated carbocycles. The van der Waals surface area contributed by atoms with E-state index in [1.165, 1.54) is 0 Å². The van der Waals surface area contributed by atoms with Gasteiger partial charge in [-0.3, -0.25) is 0 Å². The topological polar surface area (TPSA) is 94.5 Å². The Balaban J connectivity index is 0. The van der Waals surface area contributed by atoms with Gasteiger partial charge in [0.15, 0.2) is 0 Å². The van der Waals surface area contributed by atoms with Crippen LogP contribution in [0.5, 0.6) is 0 Å². The Bertz CT molecular complexity index is 8.75. The Morgan fingerprint density at radius 3 is 0.500 bits per heavy atom. The standard InChI is InChI=1S/3H2O.Tb.2Y/h3*1H2;;;. The Morgan fingerprint density at radius 2 is 0.500 bits per heavy atom. The van der Waals surface area contributed by atoms with Crippen molar-refractivity contribution < 1.29 is 120 Å². The molecule has 0 heterocycles. The first-order valence-electron chi connectivity index (χ1n) is 0. The van der Waals surface area contributed by atoms with Crippen molar-refractivity contribution in [2.24, 2.45) is 0 Å². The van der Waals surface area contributed by atoms with E-state index in [0.29, 0.717) is 0 Å². The molecule has 0 bridgehead atoms. The SMILES string of the molecule is O.O.O.[Tb].[Y].[Y]. The molecule has 6 N–H and O–H groups in total. The molecule has 0 aliphatic heterocycles. The van der Waals surface area contributed by atoms with Gasteiger partial charge in [0.05, 0.1) is 0 Å². The summed E-state index contributed by atoms with van der Waals surface area (Å²) >= 11 is 0. The summed E-state index contributed by atoms with van der Waals surface area (Å²) < 4.78 is 0. The molecule has 6 heteroatoms. The zero-order valence-electron chi connectivity index (χ0n) is 2.99. The maximum atomic E-state index is 0. The van der Waals surface area contributed by atoms with Gasteiger partial charge >= 0.3 is 0 Å². The predicted molar refractivity (Wildman–Crippen MR) is 10.8 cm³/mol. The molecule has 0 saturated heterocycles. The van der Waals surface area contributed by atoms with E-state index >= 15 is 0 Å². The van der Waals surface area contributed by atoms with E-state index in [0.717, 1.165) is 0 Å². The molecule has 0 atom stereocenters. The van der Waals surface area contributed by atoms with Crippen molar-refractivity contribution in [2.45, 2.75) is 0 Å². The fourth-order valence-electron chi connectivity index (χ4n) is 0. The van der Waals surface area contributed by atoms with Crippen LogP contribution in [0.4, 0.5) is 0 Å². The molecule has 3 radical (unpaired) electrons. The molecule has 0 amide bonds. The van der Waals surface area contributed by atoms with Crippen LogP contribution in [0.3, 0.4) is 0 Å². The van der Waals surface area contributed by atoms with Crippen LogP contribution in [-0.2, 0) is 65.4 Å². The van der Waals surface area contributed by atoms with Crippen molar-refractivity contribution >= 4 is 0 Å². The molecule has 39 valence electrons. The number of hydrogen-bond donors (Lipinski definition) is 0. The third kappa shape index (κ3) is 26.3. The normalized spacial score (nSPS) is 0. The van der Waals surface area contributed by atoms with Gasteiger partial charge in [0.2, 0.25) is 0 Å². The first-order valence-corrected chi connectivity index (χ1v) is 0. The van der Waals surface area contributed by atoms with E-state index in [1.807, 2.05) is 0 Å². The molecule has 0 spiro atoms. The molecular formula is H6O3TbY2. The smallest absolute Gasteiger partial charge is 0 e. The van der Waals surface area contributed by atoms with Crippen LogP contribution in [0.15, 0.2) is 0 Å². The van der Waals surface area contributed by atoms with Crippen LogP contribution in [0.25, 0.3) is 0 Å². The van der Waals surface area contributed by atoms with Gasteiger partial charge < -0.3 is 16.4 Å². The van der Waals surface area contributed by atoms with Gasteiger partial charge in [-0.15, -0.1) is 0 Å². The van der Waals surface area contributed by atoms with E-state index in [-0.39, 0.29) is 120 Å². The van der Waals surface area contributed by atoms with E-state index in [1.54, 1.807) is 0 Å². The summed E-state index contributed by atoms with van der Waals surface area (Å²) in [5.41, 5.74) is 0. The molecule has 0 fully saturated rings. The number of rotatable bonds is 0. The van der Waals surface area contributed by atoms with Crippen molar-refractivity contribution in [1.82, 2.24) is 0 Å². The minimum Gasteiger partial charge on any atom is -0.412 e. The second-order valence-corrected chi connectivity index (χ2v) is 0. The maximum Gasteiger partial charge on any atom is 0 e. The second-order valence-electron chi connectivity index (χ2n) is 0. The Hall–Kier alpha value is 3.37. The first-order chi connectivity index (χ1) is 0. The second kappa shape index (κ2) is 40.0. The van der Waals surface area contributed by atoms with E-state index in [9.17, 15) is 0 Å². The van der Waals surface area contributed by atoms with Crippen LogP contribution < -0.4 is 0 Å². The molecule has 6 heavy (non-hydrogen) atoms. The quantitative estimate of drug-likeness (QED) is 0.438. The zero-order valence-corrected chi connectivity index (χ0v) is 10.8. The average Bonchev–Trinajstić information content (AvgIpc) is 0. The Labute approximate surface area is 118 Å². The molecule has 0 aromatic heterocycles. The summed E-state index contributed by atoms with van der Waals surface area (Å²) in [4.78, 5) is 0. The molecule has 0 aromatic carbocycles. The van der Waals surface area contributed by atoms with Crippen molar-refractivity contribution in [1.29, 1.82) is 0 Å². The third-order valence-corrected chi connectivity index (χ3v) is 0. The molecule has 0 aliphatic carbocycles. The minimum absolute atomic E-state index is 0. The molecule has 0 aromatic rings. The Morgan fingerprint density at radius 1 is 0.500 bits per heavy atom. The van der Waals surface area contributed by atoms with E-state index in [2.05, 4.69) is 0 Å². The van der Waals surface area contributed by atoms with Crippen molar-refractivity contribution in [3.63, 3.8) is 0 Å². The number of hydrogen-bond acceptors (Lipinski definition) is 0. The van der Waals surface area contributed by atoms with Crippen molar-refractivity contribution in [3.8, 4) is 0 Å². The van der Waals surface area contributed by atoms with Gasteiger partial charge in [0.25, 0.3) is 0 Å². The van der Waals surface area contributed by atoms with Gasteiger partial charge in [-0.05, 0) is 0 Å². The minimum atomic E-state index is 0. The van der Waals surface area contributed by atoms with Crippen LogP contribution >= 0.6 is 0 Å². The zero-order chi connectivity index (χ0) is 0. The summed E-state index contributed by atoms with van der Waals surface area (Å²) in [6.45, 7) is 0. The molecule has 3 nitrogen and oxygen atoms in total. The predicted octanol–water partition coefficient (Wildman–Crippen LogP) is -2.48. The fraction of sp³-hybridized carbons (Fsp3) is 0. The molecule has 0 unspecified atom stereocenters. The van der Waals surface area contributed by atoms with Crippen LogP contribution in [0, 0.1) is 38.6 Å². The maximum absolute atomic E-state index is 0.